The molecular formula is C6H12O4S2. The van der Waals surface area contributed by atoms with Crippen LogP contribution in [0.4, 0.5) is 0 Å². The minimum absolute atomic E-state index is 0.371. The number of hydrogen-bond acceptors (Lipinski definition) is 6. The molecule has 4 nitrogen and oxygen atoms in total. The highest BCUT2D eigenvalue weighted by Gasteiger charge is 2.18. The molecule has 0 aliphatic heterocycles. The van der Waals surface area contributed by atoms with Crippen LogP contribution in [0.5, 0.6) is 0 Å². The molecule has 2 unspecified atom stereocenters. The molecule has 0 aliphatic carbocycles. The number of hydrogen-bond donors (Lipinski definition) is 3. The molecule has 0 amide bonds. The van der Waals surface area contributed by atoms with Crippen molar-refractivity contribution in [3.05, 3.63) is 0 Å². The lowest BCUT2D eigenvalue weighted by Crippen LogP contribution is -2.24. The van der Waals surface area contributed by atoms with Gasteiger partial charge in [0.05, 0.1) is 0 Å². The van der Waals surface area contributed by atoms with E-state index in [1.54, 1.807) is 0 Å². The number of carbonyl (C=O) groups is 1. The normalized spacial score (nSPS) is 15.3. The maximum absolute atomic E-state index is 10.8. The van der Waals surface area contributed by atoms with Gasteiger partial charge in [0.25, 0.3) is 0 Å². The van der Waals surface area contributed by atoms with Gasteiger partial charge in [-0.1, -0.05) is 24.1 Å². The maximum atomic E-state index is 10.8. The average Bonchev–Trinajstić information content (AvgIpc) is 2.03. The molecule has 12 heavy (non-hydrogen) atoms. The SMILES string of the molecule is CCCC(O)OC(=O)C(O)SS. The van der Waals surface area contributed by atoms with Crippen molar-refractivity contribution in [1.29, 1.82) is 0 Å². The minimum atomic E-state index is -1.33. The first-order valence-corrected chi connectivity index (χ1v) is 5.41. The number of aliphatic hydroxyl groups is 2. The molecular weight excluding hydrogens is 200 g/mol. The van der Waals surface area contributed by atoms with Crippen molar-refractivity contribution in [2.45, 2.75) is 31.5 Å². The van der Waals surface area contributed by atoms with Gasteiger partial charge in [0.1, 0.15) is 0 Å². The Balaban J connectivity index is 3.67. The Morgan fingerprint density at radius 2 is 2.25 bits per heavy atom. The molecule has 0 saturated carbocycles. The van der Waals surface area contributed by atoms with Gasteiger partial charge in [-0.2, -0.15) is 0 Å². The second-order valence-electron chi connectivity index (χ2n) is 2.14. The van der Waals surface area contributed by atoms with Gasteiger partial charge in [-0.05, 0) is 0 Å². The summed E-state index contributed by atoms with van der Waals surface area (Å²) in [7, 11) is 0.657. The van der Waals surface area contributed by atoms with Gasteiger partial charge in [-0.3, -0.25) is 0 Å². The first-order valence-electron chi connectivity index (χ1n) is 3.48. The zero-order valence-corrected chi connectivity index (χ0v) is 8.35. The lowest BCUT2D eigenvalue weighted by molar-refractivity contribution is -0.173. The summed E-state index contributed by atoms with van der Waals surface area (Å²) in [5, 5.41) is 17.8. The van der Waals surface area contributed by atoms with Crippen LogP contribution in [0.25, 0.3) is 0 Å². The van der Waals surface area contributed by atoms with Crippen LogP contribution in [0.3, 0.4) is 0 Å². The Bertz CT molecular complexity index is 142. The summed E-state index contributed by atoms with van der Waals surface area (Å²) in [6.45, 7) is 1.85. The van der Waals surface area contributed by atoms with Crippen molar-refractivity contribution in [3.8, 4) is 0 Å². The molecule has 6 heteroatoms. The van der Waals surface area contributed by atoms with Crippen molar-refractivity contribution in [1.82, 2.24) is 0 Å². The molecule has 72 valence electrons. The summed E-state index contributed by atoms with van der Waals surface area (Å²) in [6, 6.07) is 0. The standard InChI is InChI=1S/C6H12O4S2/c1-2-3-4(7)10-5(8)6(9)12-11/h4,6-7,9,11H,2-3H2,1H3. The number of aliphatic hydroxyl groups excluding tert-OH is 2. The third kappa shape index (κ3) is 4.87. The predicted molar refractivity (Wildman–Crippen MR) is 49.6 cm³/mol. The van der Waals surface area contributed by atoms with Crippen LogP contribution in [-0.2, 0) is 9.53 Å². The van der Waals surface area contributed by atoms with Gasteiger partial charge in [-0.25, -0.2) is 4.79 Å². The highest BCUT2D eigenvalue weighted by molar-refractivity contribution is 8.69. The highest BCUT2D eigenvalue weighted by atomic mass is 33.1. The number of carbonyl (C=O) groups excluding carboxylic acids is 1. The fraction of sp³-hybridized carbons (Fsp3) is 0.833. The van der Waals surface area contributed by atoms with Crippen LogP contribution in [0.1, 0.15) is 19.8 Å². The quantitative estimate of drug-likeness (QED) is 0.269. The third-order valence-electron chi connectivity index (χ3n) is 1.09. The summed E-state index contributed by atoms with van der Waals surface area (Å²) in [5.41, 5.74) is -1.33. The molecule has 2 atom stereocenters. The first kappa shape index (κ1) is 12.1. The van der Waals surface area contributed by atoms with E-state index in [1.807, 2.05) is 6.92 Å². The minimum Gasteiger partial charge on any atom is -0.433 e. The molecule has 0 aromatic carbocycles. The van der Waals surface area contributed by atoms with Gasteiger partial charge in [0.2, 0.25) is 11.7 Å². The van der Waals surface area contributed by atoms with Gasteiger partial charge >= 0.3 is 5.97 Å². The number of esters is 1. The van der Waals surface area contributed by atoms with Gasteiger partial charge in [-0.15, -0.1) is 11.7 Å². The van der Waals surface area contributed by atoms with Crippen molar-refractivity contribution < 1.29 is 19.7 Å². The van der Waals surface area contributed by atoms with E-state index in [2.05, 4.69) is 16.4 Å². The van der Waals surface area contributed by atoms with Crippen molar-refractivity contribution in [2.75, 3.05) is 0 Å². The van der Waals surface area contributed by atoms with E-state index >= 15 is 0 Å². The zero-order valence-electron chi connectivity index (χ0n) is 6.64. The number of ether oxygens (including phenoxy) is 1. The van der Waals surface area contributed by atoms with E-state index < -0.39 is 17.7 Å². The van der Waals surface area contributed by atoms with Crippen LogP contribution in [0.15, 0.2) is 0 Å². The zero-order chi connectivity index (χ0) is 9.56. The molecule has 0 aliphatic rings. The van der Waals surface area contributed by atoms with E-state index in [1.165, 1.54) is 0 Å². The second-order valence-corrected chi connectivity index (χ2v) is 3.43. The summed E-state index contributed by atoms with van der Waals surface area (Å²) in [6.07, 6.45) is -0.0496. The molecule has 0 radical (unpaired) electrons. The molecule has 0 spiro atoms. The summed E-state index contributed by atoms with van der Waals surface area (Å²) in [4.78, 5) is 10.8. The van der Waals surface area contributed by atoms with Crippen molar-refractivity contribution in [2.24, 2.45) is 0 Å². The van der Waals surface area contributed by atoms with Crippen LogP contribution < -0.4 is 0 Å². The Morgan fingerprint density at radius 1 is 1.67 bits per heavy atom. The predicted octanol–water partition coefficient (Wildman–Crippen LogP) is 0.544. The molecule has 2 N–H and O–H groups in total. The molecule has 0 rings (SSSR count). The van der Waals surface area contributed by atoms with E-state index in [9.17, 15) is 4.79 Å². The molecule has 0 bridgehead atoms. The number of rotatable bonds is 5. The maximum Gasteiger partial charge on any atom is 0.348 e. The van der Waals surface area contributed by atoms with E-state index in [0.29, 0.717) is 23.6 Å². The average molecular weight is 212 g/mol. The molecule has 0 saturated heterocycles. The smallest absolute Gasteiger partial charge is 0.348 e. The monoisotopic (exact) mass is 212 g/mol. The van der Waals surface area contributed by atoms with Gasteiger partial charge in [0.15, 0.2) is 0 Å². The van der Waals surface area contributed by atoms with E-state index in [4.69, 9.17) is 10.2 Å². The van der Waals surface area contributed by atoms with Gasteiger partial charge in [0, 0.05) is 6.42 Å². The topological polar surface area (TPSA) is 66.8 Å². The fourth-order valence-electron chi connectivity index (χ4n) is 0.541. The summed E-state index contributed by atoms with van der Waals surface area (Å²) in [5.74, 6) is -0.865. The largest absolute Gasteiger partial charge is 0.433 e. The second kappa shape index (κ2) is 6.59. The van der Waals surface area contributed by atoms with Crippen molar-refractivity contribution in [3.63, 3.8) is 0 Å². The van der Waals surface area contributed by atoms with Crippen LogP contribution in [0, 0.1) is 0 Å². The van der Waals surface area contributed by atoms with Gasteiger partial charge < -0.3 is 14.9 Å². The lowest BCUT2D eigenvalue weighted by atomic mass is 10.3. The van der Waals surface area contributed by atoms with Crippen molar-refractivity contribution >= 4 is 28.4 Å². The van der Waals surface area contributed by atoms with Crippen LogP contribution in [0.2, 0.25) is 0 Å². The number of thiol groups is 1. The van der Waals surface area contributed by atoms with Crippen LogP contribution >= 0.6 is 22.5 Å². The molecule has 0 aromatic rings. The Kier molecular flexibility index (Phi) is 6.64. The molecule has 0 fully saturated rings. The van der Waals surface area contributed by atoms with E-state index in [0.717, 1.165) is 0 Å². The molecule has 0 aromatic heterocycles. The first-order chi connectivity index (χ1) is 5.61. The highest BCUT2D eigenvalue weighted by Crippen LogP contribution is 2.14. The Labute approximate surface area is 80.1 Å². The van der Waals surface area contributed by atoms with Crippen LogP contribution in [-0.4, -0.2) is 27.9 Å². The Morgan fingerprint density at radius 3 is 2.67 bits per heavy atom. The van der Waals surface area contributed by atoms with E-state index in [-0.39, 0.29) is 0 Å². The molecule has 0 heterocycles. The summed E-state index contributed by atoms with van der Waals surface area (Å²) >= 11 is 3.61. The lowest BCUT2D eigenvalue weighted by Gasteiger charge is -2.12. The Hall–Kier alpha value is 0.0900. The third-order valence-corrected chi connectivity index (χ3v) is 2.08. The summed E-state index contributed by atoms with van der Waals surface area (Å²) < 4.78 is 4.44. The fourth-order valence-corrected chi connectivity index (χ4v) is 0.941.